The number of methoxy groups -OCH3 is 1. The van der Waals surface area contributed by atoms with E-state index in [1.54, 1.807) is 7.11 Å². The summed E-state index contributed by atoms with van der Waals surface area (Å²) in [5.74, 6) is 0.933. The van der Waals surface area contributed by atoms with Crippen molar-refractivity contribution in [3.63, 3.8) is 0 Å². The molecule has 2 nitrogen and oxygen atoms in total. The highest BCUT2D eigenvalue weighted by Crippen LogP contribution is 2.30. The lowest BCUT2D eigenvalue weighted by atomic mass is 9.92. The summed E-state index contributed by atoms with van der Waals surface area (Å²) in [6.45, 7) is 4.33. The maximum absolute atomic E-state index is 5.36. The molecule has 120 valence electrons. The molecule has 1 aliphatic heterocycles. The molecule has 0 aromatic heterocycles. The zero-order valence-corrected chi connectivity index (χ0v) is 14.0. The first-order valence-electron chi connectivity index (χ1n) is 8.41. The van der Waals surface area contributed by atoms with E-state index in [-0.39, 0.29) is 0 Å². The minimum Gasteiger partial charge on any atom is -0.497 e. The van der Waals surface area contributed by atoms with Crippen LogP contribution in [0.1, 0.15) is 30.9 Å². The van der Waals surface area contributed by atoms with Crippen molar-refractivity contribution in [2.75, 3.05) is 13.7 Å². The number of hydrogen-bond donors (Lipinski definition) is 0. The Kier molecular flexibility index (Phi) is 5.14. The van der Waals surface area contributed by atoms with Crippen molar-refractivity contribution in [2.24, 2.45) is 0 Å². The summed E-state index contributed by atoms with van der Waals surface area (Å²) in [5, 5.41) is 0. The summed E-state index contributed by atoms with van der Waals surface area (Å²) in [6, 6.07) is 19.8. The average molecular weight is 307 g/mol. The van der Waals surface area contributed by atoms with Crippen molar-refractivity contribution in [3.05, 3.63) is 71.8 Å². The van der Waals surface area contributed by atoms with Crippen molar-refractivity contribution in [3.8, 4) is 5.75 Å². The number of hydrogen-bond acceptors (Lipinski definition) is 2. The van der Waals surface area contributed by atoms with Gasteiger partial charge in [0.1, 0.15) is 5.75 Å². The monoisotopic (exact) mass is 307 g/mol. The van der Waals surface area contributed by atoms with Crippen LogP contribution in [0.5, 0.6) is 5.75 Å². The molecule has 0 saturated heterocycles. The number of ether oxygens (including phenoxy) is 1. The van der Waals surface area contributed by atoms with Gasteiger partial charge in [0.15, 0.2) is 0 Å². The minimum atomic E-state index is 0.599. The summed E-state index contributed by atoms with van der Waals surface area (Å²) in [5.41, 5.74) is 4.13. The molecular formula is C21H25NO. The van der Waals surface area contributed by atoms with Gasteiger partial charge in [-0.1, -0.05) is 55.5 Å². The molecule has 0 amide bonds. The lowest BCUT2D eigenvalue weighted by molar-refractivity contribution is 0.198. The summed E-state index contributed by atoms with van der Waals surface area (Å²) < 4.78 is 5.36. The van der Waals surface area contributed by atoms with Crippen molar-refractivity contribution in [2.45, 2.75) is 32.4 Å². The van der Waals surface area contributed by atoms with Crippen LogP contribution in [0, 0.1) is 0 Å². The van der Waals surface area contributed by atoms with E-state index in [1.807, 2.05) is 6.07 Å². The number of rotatable bonds is 5. The third-order valence-electron chi connectivity index (χ3n) is 4.68. The summed E-state index contributed by atoms with van der Waals surface area (Å²) in [4.78, 5) is 2.58. The van der Waals surface area contributed by atoms with E-state index < -0.39 is 0 Å². The van der Waals surface area contributed by atoms with Crippen LogP contribution in [-0.2, 0) is 6.54 Å². The summed E-state index contributed by atoms with van der Waals surface area (Å²) in [6.07, 6.45) is 4.66. The molecule has 0 aliphatic carbocycles. The van der Waals surface area contributed by atoms with Crippen LogP contribution in [-0.4, -0.2) is 24.6 Å². The minimum absolute atomic E-state index is 0.599. The van der Waals surface area contributed by atoms with E-state index in [0.29, 0.717) is 6.04 Å². The van der Waals surface area contributed by atoms with Crippen LogP contribution < -0.4 is 4.74 Å². The lowest BCUT2D eigenvalue weighted by Crippen LogP contribution is -2.37. The van der Waals surface area contributed by atoms with Gasteiger partial charge in [-0.25, -0.2) is 0 Å². The van der Waals surface area contributed by atoms with E-state index in [9.17, 15) is 0 Å². The molecule has 2 aromatic carbocycles. The highest BCUT2D eigenvalue weighted by molar-refractivity contribution is 5.68. The molecule has 1 aliphatic rings. The molecular weight excluding hydrogens is 282 g/mol. The Morgan fingerprint density at radius 1 is 1.09 bits per heavy atom. The van der Waals surface area contributed by atoms with E-state index >= 15 is 0 Å². The quantitative estimate of drug-likeness (QED) is 0.789. The van der Waals surface area contributed by atoms with Crippen LogP contribution in [0.4, 0.5) is 0 Å². The van der Waals surface area contributed by atoms with E-state index in [2.05, 4.69) is 66.4 Å². The Morgan fingerprint density at radius 3 is 2.65 bits per heavy atom. The van der Waals surface area contributed by atoms with E-state index in [0.717, 1.165) is 25.3 Å². The first kappa shape index (κ1) is 15.8. The van der Waals surface area contributed by atoms with Gasteiger partial charge in [0.25, 0.3) is 0 Å². The first-order chi connectivity index (χ1) is 11.3. The van der Waals surface area contributed by atoms with Gasteiger partial charge in [-0.2, -0.15) is 0 Å². The van der Waals surface area contributed by atoms with Crippen LogP contribution >= 0.6 is 0 Å². The highest BCUT2D eigenvalue weighted by atomic mass is 16.5. The average Bonchev–Trinajstić information content (AvgIpc) is 2.63. The Bertz CT molecular complexity index is 663. The van der Waals surface area contributed by atoms with Crippen LogP contribution in [0.15, 0.2) is 60.7 Å². The molecule has 0 radical (unpaired) electrons. The van der Waals surface area contributed by atoms with Gasteiger partial charge in [0, 0.05) is 19.1 Å². The zero-order chi connectivity index (χ0) is 16.1. The van der Waals surface area contributed by atoms with Gasteiger partial charge in [-0.05, 0) is 41.7 Å². The number of nitrogens with zero attached hydrogens (tertiary/aromatic N) is 1. The lowest BCUT2D eigenvalue weighted by Gasteiger charge is -2.35. The van der Waals surface area contributed by atoms with Crippen molar-refractivity contribution in [1.82, 2.24) is 4.90 Å². The van der Waals surface area contributed by atoms with Gasteiger partial charge in [-0.3, -0.25) is 4.90 Å². The topological polar surface area (TPSA) is 12.5 Å². The second-order valence-electron chi connectivity index (χ2n) is 6.14. The molecule has 0 N–H and O–H groups in total. The van der Waals surface area contributed by atoms with Gasteiger partial charge in [0.2, 0.25) is 0 Å². The molecule has 2 heteroatoms. The van der Waals surface area contributed by atoms with Crippen LogP contribution in [0.25, 0.3) is 5.57 Å². The fraction of sp³-hybridized carbons (Fsp3) is 0.333. The molecule has 0 spiro atoms. The third kappa shape index (κ3) is 3.83. The third-order valence-corrected chi connectivity index (χ3v) is 4.68. The molecule has 2 aromatic rings. The van der Waals surface area contributed by atoms with Crippen LogP contribution in [0.2, 0.25) is 0 Å². The molecule has 3 rings (SSSR count). The Labute approximate surface area is 139 Å². The first-order valence-corrected chi connectivity index (χ1v) is 8.41. The van der Waals surface area contributed by atoms with E-state index in [4.69, 9.17) is 4.74 Å². The standard InChI is InChI=1S/C21H25NO/c1-3-20-14-19(18-10-7-11-21(15-18)23-2)12-13-22(20)16-17-8-5-4-6-9-17/h4-12,15,20H,3,13-14,16H2,1-2H3. The molecule has 0 fully saturated rings. The fourth-order valence-electron chi connectivity index (χ4n) is 3.32. The second kappa shape index (κ2) is 7.47. The largest absolute Gasteiger partial charge is 0.497 e. The molecule has 0 saturated carbocycles. The van der Waals surface area contributed by atoms with Gasteiger partial charge in [0.05, 0.1) is 7.11 Å². The second-order valence-corrected chi connectivity index (χ2v) is 6.14. The summed E-state index contributed by atoms with van der Waals surface area (Å²) >= 11 is 0. The van der Waals surface area contributed by atoms with Crippen LogP contribution in [0.3, 0.4) is 0 Å². The maximum atomic E-state index is 5.36. The highest BCUT2D eigenvalue weighted by Gasteiger charge is 2.22. The predicted molar refractivity (Wildman–Crippen MR) is 96.5 cm³/mol. The Morgan fingerprint density at radius 2 is 1.91 bits per heavy atom. The molecule has 0 bridgehead atoms. The maximum Gasteiger partial charge on any atom is 0.119 e. The molecule has 1 unspecified atom stereocenters. The van der Waals surface area contributed by atoms with Crippen molar-refractivity contribution < 1.29 is 4.74 Å². The number of benzene rings is 2. The van der Waals surface area contributed by atoms with Gasteiger partial charge < -0.3 is 4.74 Å². The summed E-state index contributed by atoms with van der Waals surface area (Å²) in [7, 11) is 1.73. The zero-order valence-electron chi connectivity index (χ0n) is 14.0. The van der Waals surface area contributed by atoms with E-state index in [1.165, 1.54) is 23.1 Å². The van der Waals surface area contributed by atoms with Crippen molar-refractivity contribution in [1.29, 1.82) is 0 Å². The normalized spacial score (nSPS) is 18.5. The molecule has 1 atom stereocenters. The SMILES string of the molecule is CCC1CC(c2cccc(OC)c2)=CCN1Cc1ccccc1. The molecule has 1 heterocycles. The Balaban J connectivity index is 1.76. The van der Waals surface area contributed by atoms with Gasteiger partial charge in [-0.15, -0.1) is 0 Å². The Hall–Kier alpha value is -2.06. The fourth-order valence-corrected chi connectivity index (χ4v) is 3.32. The molecule has 23 heavy (non-hydrogen) atoms. The smallest absolute Gasteiger partial charge is 0.119 e. The van der Waals surface area contributed by atoms with Gasteiger partial charge >= 0.3 is 0 Å². The van der Waals surface area contributed by atoms with Crippen molar-refractivity contribution >= 4 is 5.57 Å². The predicted octanol–water partition coefficient (Wildman–Crippen LogP) is 4.76.